The molecule has 0 atom stereocenters. The first-order valence-electron chi connectivity index (χ1n) is 12.5. The molecule has 1 fully saturated rings. The molecule has 0 aromatic heterocycles. The van der Waals surface area contributed by atoms with Crippen LogP contribution in [0.15, 0.2) is 72.8 Å². The molecule has 1 aliphatic rings. The molecular weight excluding hydrogens is 470 g/mol. The van der Waals surface area contributed by atoms with E-state index in [2.05, 4.69) is 59.5 Å². The Morgan fingerprint density at radius 2 is 1.58 bits per heavy atom. The first-order valence-corrected chi connectivity index (χ1v) is 12.9. The summed E-state index contributed by atoms with van der Waals surface area (Å²) in [4.78, 5) is 2.47. The van der Waals surface area contributed by atoms with Crippen LogP contribution in [-0.2, 0) is 6.42 Å². The van der Waals surface area contributed by atoms with E-state index in [-0.39, 0.29) is 0 Å². The predicted molar refractivity (Wildman–Crippen MR) is 148 cm³/mol. The Balaban J connectivity index is 1.44. The molecule has 36 heavy (non-hydrogen) atoms. The van der Waals surface area contributed by atoms with Crippen molar-refractivity contribution < 1.29 is 14.2 Å². The molecule has 1 aliphatic heterocycles. The summed E-state index contributed by atoms with van der Waals surface area (Å²) in [5.41, 5.74) is 4.72. The molecule has 0 amide bonds. The Kier molecular flexibility index (Phi) is 7.64. The van der Waals surface area contributed by atoms with E-state index >= 15 is 0 Å². The lowest BCUT2D eigenvalue weighted by Crippen LogP contribution is -2.25. The minimum atomic E-state index is 0.605. The van der Waals surface area contributed by atoms with Gasteiger partial charge in [-0.15, -0.1) is 0 Å². The summed E-state index contributed by atoms with van der Waals surface area (Å²) < 4.78 is 17.0. The predicted octanol–water partition coefficient (Wildman–Crippen LogP) is 7.24. The van der Waals surface area contributed by atoms with Crippen molar-refractivity contribution in [3.8, 4) is 28.4 Å². The van der Waals surface area contributed by atoms with E-state index in [9.17, 15) is 0 Å². The third-order valence-corrected chi connectivity index (χ3v) is 7.29. The van der Waals surface area contributed by atoms with Gasteiger partial charge in [-0.3, -0.25) is 4.90 Å². The molecule has 4 nitrogen and oxygen atoms in total. The Morgan fingerprint density at radius 1 is 0.806 bits per heavy atom. The zero-order chi connectivity index (χ0) is 24.9. The molecule has 1 saturated heterocycles. The monoisotopic (exact) mass is 501 g/mol. The highest BCUT2D eigenvalue weighted by Gasteiger charge is 2.14. The largest absolute Gasteiger partial charge is 0.497 e. The molecule has 0 radical (unpaired) electrons. The van der Waals surface area contributed by atoms with Crippen molar-refractivity contribution >= 4 is 22.4 Å². The number of ether oxygens (including phenoxy) is 3. The van der Waals surface area contributed by atoms with Crippen LogP contribution in [-0.4, -0.2) is 45.4 Å². The quantitative estimate of drug-likeness (QED) is 0.242. The van der Waals surface area contributed by atoms with E-state index in [0.29, 0.717) is 10.8 Å². The van der Waals surface area contributed by atoms with E-state index in [1.807, 2.05) is 18.2 Å². The summed E-state index contributed by atoms with van der Waals surface area (Å²) in [6.07, 6.45) is 3.40. The zero-order valence-electron chi connectivity index (χ0n) is 20.9. The lowest BCUT2D eigenvalue weighted by molar-refractivity contribution is 0.238. The van der Waals surface area contributed by atoms with Crippen LogP contribution in [0.1, 0.15) is 24.0 Å². The van der Waals surface area contributed by atoms with Gasteiger partial charge in [-0.25, -0.2) is 0 Å². The van der Waals surface area contributed by atoms with Gasteiger partial charge in [0, 0.05) is 6.54 Å². The van der Waals surface area contributed by atoms with E-state index in [4.69, 9.17) is 25.8 Å². The normalized spacial score (nSPS) is 13.8. The van der Waals surface area contributed by atoms with Gasteiger partial charge in [0.2, 0.25) is 0 Å². The Morgan fingerprint density at radius 3 is 2.33 bits per heavy atom. The second kappa shape index (κ2) is 11.2. The Labute approximate surface area is 218 Å². The second-order valence-corrected chi connectivity index (χ2v) is 9.65. The Bertz CT molecular complexity index is 1330. The number of nitrogens with zero attached hydrogens (tertiary/aromatic N) is 1. The van der Waals surface area contributed by atoms with Crippen LogP contribution in [0, 0.1) is 0 Å². The molecule has 1 heterocycles. The maximum atomic E-state index is 6.32. The number of hydrogen-bond donors (Lipinski definition) is 0. The number of methoxy groups -OCH3 is 2. The van der Waals surface area contributed by atoms with Gasteiger partial charge in [0.15, 0.2) is 0 Å². The molecule has 0 unspecified atom stereocenters. The number of fused-ring (bicyclic) bond motifs is 1. The molecule has 0 aliphatic carbocycles. The number of likely N-dealkylation sites (tertiary alicyclic amines) is 1. The molecule has 5 rings (SSSR count). The smallest absolute Gasteiger partial charge is 0.138 e. The SMILES string of the molecule is COc1ccc2c(Cc3ccc(OCCN4CCCC4)cc3)c(-c3ccc(Cl)c(OC)c3)ccc2c1. The summed E-state index contributed by atoms with van der Waals surface area (Å²) in [5, 5.41) is 2.96. The summed E-state index contributed by atoms with van der Waals surface area (Å²) >= 11 is 6.32. The highest BCUT2D eigenvalue weighted by Crippen LogP contribution is 2.37. The van der Waals surface area contributed by atoms with Gasteiger partial charge in [0.1, 0.15) is 23.9 Å². The van der Waals surface area contributed by atoms with Crippen LogP contribution in [0.25, 0.3) is 21.9 Å². The van der Waals surface area contributed by atoms with Crippen LogP contribution < -0.4 is 14.2 Å². The van der Waals surface area contributed by atoms with Crippen molar-refractivity contribution in [1.29, 1.82) is 0 Å². The van der Waals surface area contributed by atoms with Crippen LogP contribution in [0.2, 0.25) is 5.02 Å². The number of halogens is 1. The lowest BCUT2D eigenvalue weighted by atomic mass is 9.90. The lowest BCUT2D eigenvalue weighted by Gasteiger charge is -2.17. The van der Waals surface area contributed by atoms with E-state index in [1.54, 1.807) is 14.2 Å². The van der Waals surface area contributed by atoms with Gasteiger partial charge in [0.05, 0.1) is 19.2 Å². The van der Waals surface area contributed by atoms with Crippen LogP contribution >= 0.6 is 11.6 Å². The van der Waals surface area contributed by atoms with Crippen molar-refractivity contribution in [1.82, 2.24) is 4.90 Å². The first-order chi connectivity index (χ1) is 17.6. The molecule has 186 valence electrons. The summed E-state index contributed by atoms with van der Waals surface area (Å²) in [6.45, 7) is 4.12. The van der Waals surface area contributed by atoms with Gasteiger partial charge in [-0.05, 0) is 102 Å². The molecule has 0 bridgehead atoms. The average molecular weight is 502 g/mol. The number of hydrogen-bond acceptors (Lipinski definition) is 4. The fourth-order valence-corrected chi connectivity index (χ4v) is 5.19. The van der Waals surface area contributed by atoms with Gasteiger partial charge in [-0.1, -0.05) is 48.0 Å². The molecule has 0 saturated carbocycles. The van der Waals surface area contributed by atoms with E-state index < -0.39 is 0 Å². The van der Waals surface area contributed by atoms with Gasteiger partial charge < -0.3 is 14.2 Å². The van der Waals surface area contributed by atoms with Crippen molar-refractivity contribution in [2.24, 2.45) is 0 Å². The molecule has 0 N–H and O–H groups in total. The number of rotatable bonds is 9. The number of benzene rings is 4. The summed E-state index contributed by atoms with van der Waals surface area (Å²) in [7, 11) is 3.35. The summed E-state index contributed by atoms with van der Waals surface area (Å²) in [6, 6.07) is 25.0. The van der Waals surface area contributed by atoms with Crippen LogP contribution in [0.5, 0.6) is 17.2 Å². The first kappa shape index (κ1) is 24.5. The maximum absolute atomic E-state index is 6.32. The van der Waals surface area contributed by atoms with Gasteiger partial charge >= 0.3 is 0 Å². The van der Waals surface area contributed by atoms with Crippen LogP contribution in [0.4, 0.5) is 0 Å². The Hall–Kier alpha value is -3.21. The molecule has 0 spiro atoms. The minimum Gasteiger partial charge on any atom is -0.497 e. The standard InChI is InChI=1S/C31H32ClNO3/c1-34-26-11-13-28-23(20-26)7-12-27(24-8-14-30(32)31(21-24)35-2)29(28)19-22-5-9-25(10-6-22)36-18-17-33-15-3-4-16-33/h5-14,20-21H,3-4,15-19H2,1-2H3. The fraction of sp³-hybridized carbons (Fsp3) is 0.290. The van der Waals surface area contributed by atoms with E-state index in [1.165, 1.54) is 42.4 Å². The third kappa shape index (κ3) is 5.45. The molecular formula is C31H32ClNO3. The molecule has 4 aromatic rings. The molecule has 4 aromatic carbocycles. The highest BCUT2D eigenvalue weighted by atomic mass is 35.5. The minimum absolute atomic E-state index is 0.605. The van der Waals surface area contributed by atoms with Crippen LogP contribution in [0.3, 0.4) is 0 Å². The third-order valence-electron chi connectivity index (χ3n) is 6.98. The van der Waals surface area contributed by atoms with Crippen molar-refractivity contribution in [2.45, 2.75) is 19.3 Å². The maximum Gasteiger partial charge on any atom is 0.138 e. The fourth-order valence-electron chi connectivity index (χ4n) is 4.99. The zero-order valence-corrected chi connectivity index (χ0v) is 21.7. The van der Waals surface area contributed by atoms with Crippen molar-refractivity contribution in [2.75, 3.05) is 40.5 Å². The van der Waals surface area contributed by atoms with Crippen molar-refractivity contribution in [3.05, 3.63) is 88.9 Å². The molecule has 5 heteroatoms. The van der Waals surface area contributed by atoms with Crippen molar-refractivity contribution in [3.63, 3.8) is 0 Å². The van der Waals surface area contributed by atoms with Gasteiger partial charge in [0.25, 0.3) is 0 Å². The van der Waals surface area contributed by atoms with E-state index in [0.717, 1.165) is 47.6 Å². The summed E-state index contributed by atoms with van der Waals surface area (Å²) in [5.74, 6) is 2.44. The van der Waals surface area contributed by atoms with Gasteiger partial charge in [-0.2, -0.15) is 0 Å². The average Bonchev–Trinajstić information content (AvgIpc) is 3.43. The topological polar surface area (TPSA) is 30.9 Å². The highest BCUT2D eigenvalue weighted by molar-refractivity contribution is 6.32. The second-order valence-electron chi connectivity index (χ2n) is 9.25.